The van der Waals surface area contributed by atoms with Crippen LogP contribution in [0.15, 0.2) is 55.1 Å². The largest absolute Gasteiger partial charge is 0.355 e. The van der Waals surface area contributed by atoms with Crippen LogP contribution in [0.25, 0.3) is 17.1 Å². The normalized spacial score (nSPS) is 10.6. The number of hydrogen-bond donors (Lipinski definition) is 1. The zero-order chi connectivity index (χ0) is 15.4. The van der Waals surface area contributed by atoms with Crippen molar-refractivity contribution < 1.29 is 4.79 Å². The van der Waals surface area contributed by atoms with Crippen LogP contribution in [0.3, 0.4) is 0 Å². The van der Waals surface area contributed by atoms with Crippen LogP contribution in [0, 0.1) is 0 Å². The molecule has 0 spiro atoms. The summed E-state index contributed by atoms with van der Waals surface area (Å²) in [6.45, 7) is 2.79. The van der Waals surface area contributed by atoms with Gasteiger partial charge in [0.2, 0.25) is 5.91 Å². The van der Waals surface area contributed by atoms with Crippen LogP contribution in [-0.4, -0.2) is 31.8 Å². The standard InChI is InChI=1S/C16H17N5O/c1-13(22)17-8-11-20-12-9-18-16(20)14-3-5-15(6-4-14)21-10-2-7-19-21/h2-7,9-10,12H,8,11H2,1H3,(H,17,22). The molecule has 3 rings (SSSR count). The molecule has 6 heteroatoms. The molecule has 0 radical (unpaired) electrons. The maximum Gasteiger partial charge on any atom is 0.216 e. The lowest BCUT2D eigenvalue weighted by Crippen LogP contribution is -2.24. The Bertz CT molecular complexity index is 743. The second-order valence-corrected chi connectivity index (χ2v) is 4.92. The molecule has 0 saturated carbocycles. The zero-order valence-electron chi connectivity index (χ0n) is 12.3. The monoisotopic (exact) mass is 295 g/mol. The zero-order valence-corrected chi connectivity index (χ0v) is 12.3. The molecular weight excluding hydrogens is 278 g/mol. The number of nitrogens with zero attached hydrogens (tertiary/aromatic N) is 4. The second kappa shape index (κ2) is 6.26. The Hall–Kier alpha value is -2.89. The van der Waals surface area contributed by atoms with E-state index in [2.05, 4.69) is 15.4 Å². The van der Waals surface area contributed by atoms with Crippen molar-refractivity contribution >= 4 is 5.91 Å². The number of rotatable bonds is 5. The first kappa shape index (κ1) is 14.1. The van der Waals surface area contributed by atoms with Gasteiger partial charge in [-0.25, -0.2) is 9.67 Å². The van der Waals surface area contributed by atoms with E-state index in [9.17, 15) is 4.79 Å². The highest BCUT2D eigenvalue weighted by Crippen LogP contribution is 2.19. The highest BCUT2D eigenvalue weighted by atomic mass is 16.1. The van der Waals surface area contributed by atoms with E-state index in [0.29, 0.717) is 13.1 Å². The fourth-order valence-corrected chi connectivity index (χ4v) is 2.29. The molecule has 0 saturated heterocycles. The molecule has 0 fully saturated rings. The SMILES string of the molecule is CC(=O)NCCn1ccnc1-c1ccc(-n2cccn2)cc1. The van der Waals surface area contributed by atoms with E-state index in [0.717, 1.165) is 17.1 Å². The van der Waals surface area contributed by atoms with E-state index < -0.39 is 0 Å². The number of imidazole rings is 1. The van der Waals surface area contributed by atoms with Gasteiger partial charge >= 0.3 is 0 Å². The van der Waals surface area contributed by atoms with Crippen LogP contribution >= 0.6 is 0 Å². The summed E-state index contributed by atoms with van der Waals surface area (Å²) in [5.41, 5.74) is 2.04. The number of carbonyl (C=O) groups is 1. The molecule has 0 aliphatic heterocycles. The minimum Gasteiger partial charge on any atom is -0.355 e. The average Bonchev–Trinajstić information content (AvgIpc) is 3.19. The molecule has 0 atom stereocenters. The van der Waals surface area contributed by atoms with Crippen molar-refractivity contribution in [2.24, 2.45) is 0 Å². The van der Waals surface area contributed by atoms with Gasteiger partial charge in [-0.2, -0.15) is 5.10 Å². The van der Waals surface area contributed by atoms with E-state index >= 15 is 0 Å². The summed E-state index contributed by atoms with van der Waals surface area (Å²) in [6.07, 6.45) is 7.34. The summed E-state index contributed by atoms with van der Waals surface area (Å²) in [5.74, 6) is 0.864. The Morgan fingerprint density at radius 2 is 2.00 bits per heavy atom. The summed E-state index contributed by atoms with van der Waals surface area (Å²) >= 11 is 0. The molecule has 0 bridgehead atoms. The van der Waals surface area contributed by atoms with Gasteiger partial charge in [0.25, 0.3) is 0 Å². The van der Waals surface area contributed by atoms with E-state index in [4.69, 9.17) is 0 Å². The third-order valence-electron chi connectivity index (χ3n) is 3.34. The van der Waals surface area contributed by atoms with Crippen molar-refractivity contribution in [3.8, 4) is 17.1 Å². The summed E-state index contributed by atoms with van der Waals surface area (Å²) in [6, 6.07) is 9.95. The lowest BCUT2D eigenvalue weighted by Gasteiger charge is -2.09. The fourth-order valence-electron chi connectivity index (χ4n) is 2.29. The van der Waals surface area contributed by atoms with Gasteiger partial charge in [-0.05, 0) is 30.3 Å². The van der Waals surface area contributed by atoms with Gasteiger partial charge in [0, 0.05) is 50.4 Å². The van der Waals surface area contributed by atoms with Crippen LogP contribution in [0.4, 0.5) is 0 Å². The Kier molecular flexibility index (Phi) is 4.00. The van der Waals surface area contributed by atoms with Gasteiger partial charge in [0.1, 0.15) is 5.82 Å². The Balaban J connectivity index is 1.77. The lowest BCUT2D eigenvalue weighted by molar-refractivity contribution is -0.118. The van der Waals surface area contributed by atoms with Crippen molar-refractivity contribution in [1.29, 1.82) is 0 Å². The molecule has 1 aromatic carbocycles. The molecule has 1 N–H and O–H groups in total. The Morgan fingerprint density at radius 1 is 1.18 bits per heavy atom. The van der Waals surface area contributed by atoms with Crippen LogP contribution in [0.2, 0.25) is 0 Å². The molecule has 0 aliphatic carbocycles. The fraction of sp³-hybridized carbons (Fsp3) is 0.188. The third kappa shape index (κ3) is 3.06. The summed E-state index contributed by atoms with van der Waals surface area (Å²) in [7, 11) is 0. The molecule has 22 heavy (non-hydrogen) atoms. The predicted octanol–water partition coefficient (Wildman–Crippen LogP) is 1.87. The molecular formula is C16H17N5O. The van der Waals surface area contributed by atoms with Crippen molar-refractivity contribution in [1.82, 2.24) is 24.6 Å². The Morgan fingerprint density at radius 3 is 2.68 bits per heavy atom. The Labute approximate surface area is 128 Å². The molecule has 1 amide bonds. The molecule has 2 aromatic heterocycles. The number of benzene rings is 1. The maximum absolute atomic E-state index is 10.9. The molecule has 2 heterocycles. The number of nitrogens with one attached hydrogen (secondary N) is 1. The molecule has 3 aromatic rings. The van der Waals surface area contributed by atoms with Gasteiger partial charge in [-0.15, -0.1) is 0 Å². The topological polar surface area (TPSA) is 64.7 Å². The average molecular weight is 295 g/mol. The van der Waals surface area contributed by atoms with Crippen LogP contribution in [-0.2, 0) is 11.3 Å². The summed E-state index contributed by atoms with van der Waals surface area (Å²) in [4.78, 5) is 15.3. The maximum atomic E-state index is 10.9. The molecule has 0 unspecified atom stereocenters. The summed E-state index contributed by atoms with van der Waals surface area (Å²) < 4.78 is 3.84. The first-order valence-electron chi connectivity index (χ1n) is 7.10. The van der Waals surface area contributed by atoms with Gasteiger partial charge in [0.15, 0.2) is 0 Å². The van der Waals surface area contributed by atoms with Gasteiger partial charge in [-0.3, -0.25) is 4.79 Å². The molecule has 112 valence electrons. The number of amides is 1. The van der Waals surface area contributed by atoms with E-state index in [-0.39, 0.29) is 5.91 Å². The predicted molar refractivity (Wildman–Crippen MR) is 83.5 cm³/mol. The number of hydrogen-bond acceptors (Lipinski definition) is 3. The third-order valence-corrected chi connectivity index (χ3v) is 3.34. The van der Waals surface area contributed by atoms with E-state index in [1.807, 2.05) is 52.0 Å². The second-order valence-electron chi connectivity index (χ2n) is 4.92. The van der Waals surface area contributed by atoms with Crippen LogP contribution < -0.4 is 5.32 Å². The number of aromatic nitrogens is 4. The van der Waals surface area contributed by atoms with Crippen molar-refractivity contribution in [3.63, 3.8) is 0 Å². The summed E-state index contributed by atoms with van der Waals surface area (Å²) in [5, 5.41) is 7.00. The van der Waals surface area contributed by atoms with Crippen LogP contribution in [0.5, 0.6) is 0 Å². The minimum absolute atomic E-state index is 0.0229. The van der Waals surface area contributed by atoms with E-state index in [1.54, 1.807) is 12.4 Å². The van der Waals surface area contributed by atoms with Crippen LogP contribution in [0.1, 0.15) is 6.92 Å². The van der Waals surface area contributed by atoms with Gasteiger partial charge in [0.05, 0.1) is 5.69 Å². The minimum atomic E-state index is -0.0229. The van der Waals surface area contributed by atoms with Gasteiger partial charge in [-0.1, -0.05) is 0 Å². The smallest absolute Gasteiger partial charge is 0.216 e. The highest BCUT2D eigenvalue weighted by Gasteiger charge is 2.06. The van der Waals surface area contributed by atoms with Gasteiger partial charge < -0.3 is 9.88 Å². The van der Waals surface area contributed by atoms with Crippen molar-refractivity contribution in [2.75, 3.05) is 6.54 Å². The first-order chi connectivity index (χ1) is 10.7. The molecule has 6 nitrogen and oxygen atoms in total. The lowest BCUT2D eigenvalue weighted by atomic mass is 10.2. The quantitative estimate of drug-likeness (QED) is 0.781. The van der Waals surface area contributed by atoms with E-state index in [1.165, 1.54) is 6.92 Å². The first-order valence-corrected chi connectivity index (χ1v) is 7.10. The van der Waals surface area contributed by atoms with Crippen molar-refractivity contribution in [2.45, 2.75) is 13.5 Å². The molecule has 0 aliphatic rings. The highest BCUT2D eigenvalue weighted by molar-refractivity contribution is 5.72. The number of carbonyl (C=O) groups excluding carboxylic acids is 1. The van der Waals surface area contributed by atoms with Crippen molar-refractivity contribution in [3.05, 3.63) is 55.1 Å².